The first-order chi connectivity index (χ1) is 15.4. The van der Waals surface area contributed by atoms with Crippen molar-refractivity contribution in [1.29, 1.82) is 0 Å². The highest BCUT2D eigenvalue weighted by Crippen LogP contribution is 2.35. The van der Waals surface area contributed by atoms with E-state index in [0.29, 0.717) is 21.5 Å². The Balaban J connectivity index is 1.54. The molecule has 0 radical (unpaired) electrons. The van der Waals surface area contributed by atoms with Gasteiger partial charge in [-0.3, -0.25) is 14.5 Å². The van der Waals surface area contributed by atoms with Crippen molar-refractivity contribution < 1.29 is 9.59 Å². The van der Waals surface area contributed by atoms with Crippen molar-refractivity contribution in [3.63, 3.8) is 0 Å². The monoisotopic (exact) mass is 484 g/mol. The normalized spacial score (nSPS) is 15.2. The summed E-state index contributed by atoms with van der Waals surface area (Å²) in [6.45, 7) is 4.34. The number of halogens is 2. The zero-order chi connectivity index (χ0) is 22.8. The fourth-order valence-electron chi connectivity index (χ4n) is 3.89. The largest absolute Gasteiger partial charge is 0.316 e. The summed E-state index contributed by atoms with van der Waals surface area (Å²) in [5.41, 5.74) is 4.72. The molecule has 0 unspecified atom stereocenters. The molecule has 1 fully saturated rings. The molecule has 4 rings (SSSR count). The Kier molecular flexibility index (Phi) is 6.79. The summed E-state index contributed by atoms with van der Waals surface area (Å²) in [4.78, 5) is 27.2. The van der Waals surface area contributed by atoms with E-state index >= 15 is 0 Å². The second-order valence-corrected chi connectivity index (χ2v) is 9.44. The predicted octanol–water partition coefficient (Wildman–Crippen LogP) is 7.07. The molecule has 3 aromatic rings. The van der Waals surface area contributed by atoms with Crippen LogP contribution in [0.25, 0.3) is 11.8 Å². The second kappa shape index (κ2) is 9.57. The summed E-state index contributed by atoms with van der Waals surface area (Å²) >= 11 is 13.6. The third kappa shape index (κ3) is 4.51. The number of aromatic nitrogens is 1. The van der Waals surface area contributed by atoms with Crippen molar-refractivity contribution in [2.24, 2.45) is 0 Å². The minimum Gasteiger partial charge on any atom is -0.316 e. The van der Waals surface area contributed by atoms with Gasteiger partial charge >= 0.3 is 0 Å². The SMILES string of the molecule is Cc1cc(/C=C2/SC(=O)N(CCCc3ccccc3)C2=O)c(C)n1-c1cccc(Cl)c1Cl. The van der Waals surface area contributed by atoms with Crippen LogP contribution in [-0.2, 0) is 11.2 Å². The number of imide groups is 1. The van der Waals surface area contributed by atoms with Crippen LogP contribution in [0.3, 0.4) is 0 Å². The van der Waals surface area contributed by atoms with Crippen LogP contribution >= 0.6 is 35.0 Å². The van der Waals surface area contributed by atoms with Gasteiger partial charge in [-0.05, 0) is 73.9 Å². The van der Waals surface area contributed by atoms with Crippen LogP contribution in [0.15, 0.2) is 59.5 Å². The van der Waals surface area contributed by atoms with Gasteiger partial charge in [0.25, 0.3) is 11.1 Å². The Bertz CT molecular complexity index is 1220. The fourth-order valence-corrected chi connectivity index (χ4v) is 5.13. The van der Waals surface area contributed by atoms with Gasteiger partial charge in [0.2, 0.25) is 0 Å². The van der Waals surface area contributed by atoms with Crippen molar-refractivity contribution in [2.45, 2.75) is 26.7 Å². The molecular weight excluding hydrogens is 463 g/mol. The summed E-state index contributed by atoms with van der Waals surface area (Å²) in [5, 5.41) is 0.733. The van der Waals surface area contributed by atoms with Gasteiger partial charge in [0.15, 0.2) is 0 Å². The van der Waals surface area contributed by atoms with Crippen molar-refractivity contribution in [1.82, 2.24) is 9.47 Å². The Hall–Kier alpha value is -2.47. The minimum atomic E-state index is -0.237. The highest BCUT2D eigenvalue weighted by atomic mass is 35.5. The molecule has 0 N–H and O–H groups in total. The summed E-state index contributed by atoms with van der Waals surface area (Å²) in [6.07, 6.45) is 3.35. The number of amides is 2. The molecule has 0 aliphatic carbocycles. The molecule has 4 nitrogen and oxygen atoms in total. The molecule has 0 atom stereocenters. The average molecular weight is 485 g/mol. The zero-order valence-corrected chi connectivity index (χ0v) is 20.1. The molecule has 1 aliphatic rings. The van der Waals surface area contributed by atoms with Gasteiger partial charge in [-0.1, -0.05) is 59.6 Å². The molecule has 2 aromatic carbocycles. The Morgan fingerprint density at radius 1 is 1.00 bits per heavy atom. The van der Waals surface area contributed by atoms with E-state index in [-0.39, 0.29) is 11.1 Å². The molecule has 32 heavy (non-hydrogen) atoms. The maximum atomic E-state index is 12.9. The summed E-state index contributed by atoms with van der Waals surface area (Å²) < 4.78 is 2.00. The number of nitrogens with zero attached hydrogens (tertiary/aromatic N) is 2. The van der Waals surface area contributed by atoms with Crippen LogP contribution in [0.2, 0.25) is 10.0 Å². The van der Waals surface area contributed by atoms with Crippen LogP contribution in [0, 0.1) is 13.8 Å². The Morgan fingerprint density at radius 3 is 2.50 bits per heavy atom. The van der Waals surface area contributed by atoms with Crippen LogP contribution < -0.4 is 0 Å². The first kappa shape index (κ1) is 22.7. The van der Waals surface area contributed by atoms with Crippen LogP contribution in [0.4, 0.5) is 4.79 Å². The lowest BCUT2D eigenvalue weighted by Crippen LogP contribution is -2.29. The molecule has 0 bridgehead atoms. The molecule has 0 saturated carbocycles. The summed E-state index contributed by atoms with van der Waals surface area (Å²) in [6, 6.07) is 17.5. The molecule has 1 saturated heterocycles. The van der Waals surface area contributed by atoms with Gasteiger partial charge in [0, 0.05) is 17.9 Å². The summed E-state index contributed by atoms with van der Waals surface area (Å²) in [5.74, 6) is -0.237. The molecule has 7 heteroatoms. The maximum absolute atomic E-state index is 12.9. The van der Waals surface area contributed by atoms with Gasteiger partial charge in [-0.25, -0.2) is 0 Å². The fraction of sp³-hybridized carbons (Fsp3) is 0.200. The van der Waals surface area contributed by atoms with E-state index in [2.05, 4.69) is 12.1 Å². The minimum absolute atomic E-state index is 0.221. The van der Waals surface area contributed by atoms with E-state index in [1.807, 2.05) is 54.8 Å². The molecular formula is C25H22Cl2N2O2S. The van der Waals surface area contributed by atoms with E-state index in [1.54, 1.807) is 12.1 Å². The predicted molar refractivity (Wildman–Crippen MR) is 133 cm³/mol. The molecule has 1 aromatic heterocycles. The number of carbonyl (C=O) groups excluding carboxylic acids is 2. The van der Waals surface area contributed by atoms with E-state index in [0.717, 1.165) is 47.2 Å². The third-order valence-corrected chi connectivity index (χ3v) is 7.21. The second-order valence-electron chi connectivity index (χ2n) is 7.66. The Morgan fingerprint density at radius 2 is 1.75 bits per heavy atom. The summed E-state index contributed by atoms with van der Waals surface area (Å²) in [7, 11) is 0. The van der Waals surface area contributed by atoms with Gasteiger partial charge in [-0.15, -0.1) is 0 Å². The van der Waals surface area contributed by atoms with Gasteiger partial charge in [0.1, 0.15) is 0 Å². The maximum Gasteiger partial charge on any atom is 0.293 e. The highest BCUT2D eigenvalue weighted by Gasteiger charge is 2.34. The number of carbonyl (C=O) groups is 2. The number of thioether (sulfide) groups is 1. The first-order valence-corrected chi connectivity index (χ1v) is 11.9. The first-order valence-electron chi connectivity index (χ1n) is 10.3. The van der Waals surface area contributed by atoms with Gasteiger partial charge in [0.05, 0.1) is 20.6 Å². The third-order valence-electron chi connectivity index (χ3n) is 5.49. The van der Waals surface area contributed by atoms with Crippen molar-refractivity contribution in [2.75, 3.05) is 6.54 Å². The molecule has 2 heterocycles. The van der Waals surface area contributed by atoms with Crippen LogP contribution in [-0.4, -0.2) is 27.2 Å². The quantitative estimate of drug-likeness (QED) is 0.351. The van der Waals surface area contributed by atoms with Crippen molar-refractivity contribution in [3.8, 4) is 5.69 Å². The standard InChI is InChI=1S/C25H22Cl2N2O2S/c1-16-14-19(17(2)29(16)21-12-6-11-20(26)23(21)27)15-22-24(30)28(25(31)32-22)13-7-10-18-8-4-3-5-9-18/h3-6,8-9,11-12,14-15H,7,10,13H2,1-2H3/b22-15+. The van der Waals surface area contributed by atoms with Crippen molar-refractivity contribution >= 4 is 52.2 Å². The van der Waals surface area contributed by atoms with E-state index in [9.17, 15) is 9.59 Å². The highest BCUT2D eigenvalue weighted by molar-refractivity contribution is 8.18. The molecule has 1 aliphatic heterocycles. The zero-order valence-electron chi connectivity index (χ0n) is 17.8. The number of hydrogen-bond acceptors (Lipinski definition) is 3. The van der Waals surface area contributed by atoms with Gasteiger partial charge < -0.3 is 4.57 Å². The topological polar surface area (TPSA) is 42.3 Å². The van der Waals surface area contributed by atoms with E-state index < -0.39 is 0 Å². The van der Waals surface area contributed by atoms with Crippen LogP contribution in [0.1, 0.15) is 28.9 Å². The Labute approximate surface area is 201 Å². The average Bonchev–Trinajstić information content (AvgIpc) is 3.20. The smallest absolute Gasteiger partial charge is 0.293 e. The van der Waals surface area contributed by atoms with E-state index in [1.165, 1.54) is 10.5 Å². The molecule has 0 spiro atoms. The lowest BCUT2D eigenvalue weighted by Gasteiger charge is -2.12. The molecule has 164 valence electrons. The number of rotatable bonds is 6. The van der Waals surface area contributed by atoms with E-state index in [4.69, 9.17) is 23.2 Å². The number of aryl methyl sites for hydroxylation is 2. The lowest BCUT2D eigenvalue weighted by molar-refractivity contribution is -0.122. The van der Waals surface area contributed by atoms with Gasteiger partial charge in [-0.2, -0.15) is 0 Å². The van der Waals surface area contributed by atoms with Crippen molar-refractivity contribution in [3.05, 3.63) is 92.1 Å². The number of hydrogen-bond donors (Lipinski definition) is 0. The van der Waals surface area contributed by atoms with Crippen LogP contribution in [0.5, 0.6) is 0 Å². The lowest BCUT2D eigenvalue weighted by atomic mass is 10.1. The number of benzene rings is 2. The molecule has 2 amide bonds.